The third-order valence-electron chi connectivity index (χ3n) is 6.00. The van der Waals surface area contributed by atoms with Crippen molar-refractivity contribution in [1.29, 1.82) is 0 Å². The molecule has 1 aliphatic rings. The van der Waals surface area contributed by atoms with E-state index in [1.807, 2.05) is 23.7 Å². The van der Waals surface area contributed by atoms with E-state index in [2.05, 4.69) is 25.3 Å². The van der Waals surface area contributed by atoms with Gasteiger partial charge in [-0.3, -0.25) is 9.08 Å². The van der Waals surface area contributed by atoms with Crippen molar-refractivity contribution in [3.05, 3.63) is 66.4 Å². The number of halogens is 3. The molecular formula is C23H23F3N8O. The number of carbonyl (C=O) groups is 1. The summed E-state index contributed by atoms with van der Waals surface area (Å²) in [4.78, 5) is 25.5. The van der Waals surface area contributed by atoms with Gasteiger partial charge < -0.3 is 15.1 Å². The quantitative estimate of drug-likeness (QED) is 0.481. The maximum Gasteiger partial charge on any atom is 0.416 e. The summed E-state index contributed by atoms with van der Waals surface area (Å²) in [5.41, 5.74) is 2.37. The zero-order valence-electron chi connectivity index (χ0n) is 18.9. The van der Waals surface area contributed by atoms with Crippen LogP contribution in [0.2, 0.25) is 0 Å². The van der Waals surface area contributed by atoms with Gasteiger partial charge in [-0.15, -0.1) is 0 Å². The fourth-order valence-electron chi connectivity index (χ4n) is 4.06. The molecule has 12 heteroatoms. The topological polar surface area (TPSA) is 83.6 Å². The molecule has 0 saturated carbocycles. The van der Waals surface area contributed by atoms with Crippen LogP contribution in [-0.2, 0) is 19.8 Å². The van der Waals surface area contributed by atoms with E-state index >= 15 is 0 Å². The summed E-state index contributed by atoms with van der Waals surface area (Å²) in [5, 5.41) is 6.96. The van der Waals surface area contributed by atoms with Gasteiger partial charge in [-0.1, -0.05) is 12.1 Å². The van der Waals surface area contributed by atoms with Gasteiger partial charge >= 0.3 is 12.2 Å². The number of imidazole rings is 1. The van der Waals surface area contributed by atoms with Crippen molar-refractivity contribution in [2.24, 2.45) is 7.05 Å². The van der Waals surface area contributed by atoms with Gasteiger partial charge in [-0.2, -0.15) is 18.3 Å². The third-order valence-corrected chi connectivity index (χ3v) is 6.00. The average Bonchev–Trinajstić information content (AvgIpc) is 3.48. The number of fused-ring (bicyclic) bond motifs is 1. The number of rotatable bonds is 4. The Kier molecular flexibility index (Phi) is 5.79. The molecule has 0 atom stereocenters. The predicted octanol–water partition coefficient (Wildman–Crippen LogP) is 3.18. The summed E-state index contributed by atoms with van der Waals surface area (Å²) in [6, 6.07) is 6.45. The lowest BCUT2D eigenvalue weighted by atomic mass is 10.1. The number of amides is 2. The predicted molar refractivity (Wildman–Crippen MR) is 123 cm³/mol. The SMILES string of the molecule is Cn1cc(-c2cc3ncc(N4CCN(C(=O)NCc5ccc(C(F)(F)F)cc5)CC4)n3cn2)cn1. The minimum Gasteiger partial charge on any atom is -0.353 e. The van der Waals surface area contributed by atoms with E-state index in [-0.39, 0.29) is 12.6 Å². The molecule has 0 spiro atoms. The number of alkyl halides is 3. The normalized spacial score (nSPS) is 14.5. The number of anilines is 1. The fraction of sp³-hybridized carbons (Fsp3) is 0.304. The highest BCUT2D eigenvalue weighted by Gasteiger charge is 2.30. The Morgan fingerprint density at radius 1 is 1.06 bits per heavy atom. The molecule has 35 heavy (non-hydrogen) atoms. The number of aryl methyl sites for hydroxylation is 1. The van der Waals surface area contributed by atoms with Crippen molar-refractivity contribution in [3.63, 3.8) is 0 Å². The lowest BCUT2D eigenvalue weighted by molar-refractivity contribution is -0.137. The van der Waals surface area contributed by atoms with Crippen LogP contribution in [0.1, 0.15) is 11.1 Å². The molecule has 2 amide bonds. The Morgan fingerprint density at radius 3 is 2.46 bits per heavy atom. The van der Waals surface area contributed by atoms with Gasteiger partial charge in [0.1, 0.15) is 17.8 Å². The molecule has 4 heterocycles. The maximum absolute atomic E-state index is 12.7. The van der Waals surface area contributed by atoms with E-state index in [9.17, 15) is 18.0 Å². The lowest BCUT2D eigenvalue weighted by Gasteiger charge is -2.35. The van der Waals surface area contributed by atoms with Crippen molar-refractivity contribution in [2.75, 3.05) is 31.1 Å². The van der Waals surface area contributed by atoms with Crippen LogP contribution in [0, 0.1) is 0 Å². The third kappa shape index (κ3) is 4.77. The van der Waals surface area contributed by atoms with E-state index in [4.69, 9.17) is 0 Å². The van der Waals surface area contributed by atoms with Crippen LogP contribution in [0.3, 0.4) is 0 Å². The zero-order valence-corrected chi connectivity index (χ0v) is 18.9. The molecule has 1 aliphatic heterocycles. The summed E-state index contributed by atoms with van der Waals surface area (Å²) in [6.45, 7) is 2.41. The Hall–Kier alpha value is -4.09. The average molecular weight is 484 g/mol. The largest absolute Gasteiger partial charge is 0.416 e. The summed E-state index contributed by atoms with van der Waals surface area (Å²) >= 11 is 0. The monoisotopic (exact) mass is 484 g/mol. The van der Waals surface area contributed by atoms with Crippen LogP contribution in [-0.4, -0.2) is 61.3 Å². The van der Waals surface area contributed by atoms with Gasteiger partial charge in [-0.05, 0) is 17.7 Å². The van der Waals surface area contributed by atoms with E-state index in [0.717, 1.165) is 34.9 Å². The molecule has 0 bridgehead atoms. The van der Waals surface area contributed by atoms with Crippen molar-refractivity contribution in [1.82, 2.24) is 34.4 Å². The van der Waals surface area contributed by atoms with E-state index in [1.54, 1.807) is 28.3 Å². The minimum atomic E-state index is -4.37. The van der Waals surface area contributed by atoms with Gasteiger partial charge in [0.05, 0.1) is 23.7 Å². The van der Waals surface area contributed by atoms with E-state index < -0.39 is 11.7 Å². The lowest BCUT2D eigenvalue weighted by Crippen LogP contribution is -2.52. The van der Waals surface area contributed by atoms with Crippen LogP contribution in [0.25, 0.3) is 16.9 Å². The smallest absolute Gasteiger partial charge is 0.353 e. The molecule has 0 radical (unpaired) electrons. The van der Waals surface area contributed by atoms with Crippen LogP contribution >= 0.6 is 0 Å². The van der Waals surface area contributed by atoms with Crippen molar-refractivity contribution in [2.45, 2.75) is 12.7 Å². The molecule has 1 fully saturated rings. The first-order valence-corrected chi connectivity index (χ1v) is 11.0. The number of urea groups is 1. The molecular weight excluding hydrogens is 461 g/mol. The Labute approximate surface area is 198 Å². The van der Waals surface area contributed by atoms with E-state index in [0.29, 0.717) is 31.7 Å². The molecule has 4 aromatic rings. The van der Waals surface area contributed by atoms with E-state index in [1.165, 1.54) is 12.1 Å². The highest BCUT2D eigenvalue weighted by atomic mass is 19.4. The van der Waals surface area contributed by atoms with Crippen molar-refractivity contribution in [3.8, 4) is 11.3 Å². The van der Waals surface area contributed by atoms with Crippen LogP contribution in [0.15, 0.2) is 55.2 Å². The van der Waals surface area contributed by atoms with Crippen molar-refractivity contribution < 1.29 is 18.0 Å². The molecule has 1 N–H and O–H groups in total. The second-order valence-electron chi connectivity index (χ2n) is 8.35. The number of hydrogen-bond donors (Lipinski definition) is 1. The number of hydrogen-bond acceptors (Lipinski definition) is 5. The molecule has 0 aliphatic carbocycles. The van der Waals surface area contributed by atoms with Crippen LogP contribution in [0.5, 0.6) is 0 Å². The molecule has 3 aromatic heterocycles. The van der Waals surface area contributed by atoms with Gasteiger partial charge in [0.25, 0.3) is 0 Å². The summed E-state index contributed by atoms with van der Waals surface area (Å²) < 4.78 is 41.7. The number of benzene rings is 1. The number of aromatic nitrogens is 5. The zero-order chi connectivity index (χ0) is 24.6. The van der Waals surface area contributed by atoms with Crippen molar-refractivity contribution >= 4 is 17.5 Å². The first-order valence-electron chi connectivity index (χ1n) is 11.0. The number of piperazine rings is 1. The summed E-state index contributed by atoms with van der Waals surface area (Å²) in [7, 11) is 1.85. The Morgan fingerprint density at radius 2 is 1.80 bits per heavy atom. The van der Waals surface area contributed by atoms with Gasteiger partial charge in [0.15, 0.2) is 0 Å². The Bertz CT molecular complexity index is 1340. The van der Waals surface area contributed by atoms with Crippen LogP contribution in [0.4, 0.5) is 23.8 Å². The standard InChI is InChI=1S/C23H23F3N8O/c1-31-14-17(12-30-31)19-10-20-27-13-21(34(20)15-29-19)32-6-8-33(9-7-32)22(35)28-11-16-2-4-18(5-3-16)23(24,25)26/h2-5,10,12-15H,6-9,11H2,1H3,(H,28,35). The second-order valence-corrected chi connectivity index (χ2v) is 8.35. The highest BCUT2D eigenvalue weighted by Crippen LogP contribution is 2.29. The molecule has 9 nitrogen and oxygen atoms in total. The second kappa shape index (κ2) is 8.93. The summed E-state index contributed by atoms with van der Waals surface area (Å²) in [5.74, 6) is 0.898. The number of nitrogens with zero attached hydrogens (tertiary/aromatic N) is 7. The molecule has 182 valence electrons. The Balaban J connectivity index is 1.17. The van der Waals surface area contributed by atoms with Crippen LogP contribution < -0.4 is 10.2 Å². The molecule has 1 aromatic carbocycles. The highest BCUT2D eigenvalue weighted by molar-refractivity contribution is 5.74. The molecule has 1 saturated heterocycles. The minimum absolute atomic E-state index is 0.162. The fourth-order valence-corrected chi connectivity index (χ4v) is 4.06. The number of carbonyl (C=O) groups excluding carboxylic acids is 1. The van der Waals surface area contributed by atoms with Gasteiger partial charge in [0, 0.05) is 57.6 Å². The first kappa shape index (κ1) is 22.7. The van der Waals surface area contributed by atoms with Gasteiger partial charge in [-0.25, -0.2) is 14.8 Å². The first-order chi connectivity index (χ1) is 16.8. The maximum atomic E-state index is 12.7. The number of nitrogens with one attached hydrogen (secondary N) is 1. The van der Waals surface area contributed by atoms with Gasteiger partial charge in [0.2, 0.25) is 0 Å². The molecule has 0 unspecified atom stereocenters. The summed E-state index contributed by atoms with van der Waals surface area (Å²) in [6.07, 6.45) is 2.81. The molecule has 5 rings (SSSR count).